The van der Waals surface area contributed by atoms with E-state index in [0.29, 0.717) is 6.04 Å². The molecule has 1 amide bonds. The third-order valence-electron chi connectivity index (χ3n) is 4.65. The number of hydrogen-bond donors (Lipinski definition) is 2. The molecule has 2 heterocycles. The van der Waals surface area contributed by atoms with E-state index in [9.17, 15) is 4.79 Å². The van der Waals surface area contributed by atoms with E-state index in [1.807, 2.05) is 12.1 Å². The predicted octanol–water partition coefficient (Wildman–Crippen LogP) is 3.32. The summed E-state index contributed by atoms with van der Waals surface area (Å²) in [6, 6.07) is 4.23. The molecule has 0 aromatic heterocycles. The molecule has 0 bridgehead atoms. The molecule has 1 aromatic rings. The van der Waals surface area contributed by atoms with E-state index in [0.717, 1.165) is 34.9 Å². The van der Waals surface area contributed by atoms with Crippen LogP contribution in [0.25, 0.3) is 0 Å². The van der Waals surface area contributed by atoms with Gasteiger partial charge >= 0.3 is 0 Å². The van der Waals surface area contributed by atoms with Crippen molar-refractivity contribution < 1.29 is 4.79 Å². The fourth-order valence-corrected chi connectivity index (χ4v) is 3.80. The van der Waals surface area contributed by atoms with Crippen molar-refractivity contribution in [3.05, 3.63) is 22.7 Å². The van der Waals surface area contributed by atoms with E-state index in [4.69, 9.17) is 11.6 Å². The number of piperidine rings is 1. The van der Waals surface area contributed by atoms with Gasteiger partial charge in [-0.3, -0.25) is 4.79 Å². The van der Waals surface area contributed by atoms with Crippen molar-refractivity contribution in [3.63, 3.8) is 0 Å². The average molecular weight is 308 g/mol. The Labute approximate surface area is 130 Å². The molecule has 0 saturated carbocycles. The molecule has 1 aromatic carbocycles. The van der Waals surface area contributed by atoms with Crippen LogP contribution in [-0.2, 0) is 4.79 Å². The van der Waals surface area contributed by atoms with Gasteiger partial charge in [-0.05, 0) is 44.9 Å². The highest BCUT2D eigenvalue weighted by molar-refractivity contribution is 6.33. The van der Waals surface area contributed by atoms with E-state index < -0.39 is 0 Å². The molecule has 0 spiro atoms. The smallest absolute Gasteiger partial charge is 0.246 e. The maximum Gasteiger partial charge on any atom is 0.246 e. The molecule has 21 heavy (non-hydrogen) atoms. The Morgan fingerprint density at radius 1 is 1.43 bits per heavy atom. The van der Waals surface area contributed by atoms with Crippen molar-refractivity contribution in [1.29, 1.82) is 0 Å². The number of carbonyl (C=O) groups is 1. The number of nitrogens with one attached hydrogen (secondary N) is 2. The van der Waals surface area contributed by atoms with Gasteiger partial charge in [-0.15, -0.1) is 0 Å². The molecule has 114 valence electrons. The zero-order valence-corrected chi connectivity index (χ0v) is 13.3. The summed E-state index contributed by atoms with van der Waals surface area (Å²) in [6.07, 6.45) is 4.83. The Hall–Kier alpha value is -1.26. The molecule has 4 nitrogen and oxygen atoms in total. The highest BCUT2D eigenvalue weighted by atomic mass is 35.5. The van der Waals surface area contributed by atoms with E-state index in [1.54, 1.807) is 7.05 Å². The van der Waals surface area contributed by atoms with E-state index in [2.05, 4.69) is 22.5 Å². The lowest BCUT2D eigenvalue weighted by molar-refractivity contribution is -0.117. The number of halogens is 1. The highest BCUT2D eigenvalue weighted by Crippen LogP contribution is 2.40. The number of likely N-dealkylation sites (N-methyl/N-ethyl adjacent to an activating group) is 1. The molecule has 2 aliphatic rings. The normalized spacial score (nSPS) is 24.9. The first-order chi connectivity index (χ1) is 10.2. The molecule has 1 fully saturated rings. The van der Waals surface area contributed by atoms with Gasteiger partial charge in [0.1, 0.15) is 6.04 Å². The summed E-state index contributed by atoms with van der Waals surface area (Å²) in [5.41, 5.74) is 2.89. The summed E-state index contributed by atoms with van der Waals surface area (Å²) in [6.45, 7) is 3.27. The van der Waals surface area contributed by atoms with Crippen LogP contribution in [-0.4, -0.2) is 25.5 Å². The van der Waals surface area contributed by atoms with Crippen LogP contribution in [0.2, 0.25) is 5.02 Å². The molecule has 2 unspecified atom stereocenters. The highest BCUT2D eigenvalue weighted by Gasteiger charge is 2.32. The van der Waals surface area contributed by atoms with Gasteiger partial charge in [-0.25, -0.2) is 0 Å². The Bertz CT molecular complexity index is 561. The monoisotopic (exact) mass is 307 g/mol. The second-order valence-electron chi connectivity index (χ2n) is 5.85. The molecule has 1 saturated heterocycles. The summed E-state index contributed by atoms with van der Waals surface area (Å²) in [5, 5.41) is 6.72. The summed E-state index contributed by atoms with van der Waals surface area (Å²) < 4.78 is 0. The topological polar surface area (TPSA) is 44.4 Å². The number of benzene rings is 1. The fourth-order valence-electron chi connectivity index (χ4n) is 3.52. The van der Waals surface area contributed by atoms with Crippen LogP contribution in [0.5, 0.6) is 0 Å². The first kappa shape index (κ1) is 14.7. The standard InChI is InChI=1S/C16H22ClN3O/c1-3-10-6-4-5-7-20(10)14-9-13-11(8-12(14)17)15(18-2)16(21)19-13/h8-10,15,18H,3-7H2,1-2H3,(H,19,21). The Balaban J connectivity index is 1.98. The number of fused-ring (bicyclic) bond motifs is 1. The van der Waals surface area contributed by atoms with Gasteiger partial charge in [-0.1, -0.05) is 18.5 Å². The second-order valence-corrected chi connectivity index (χ2v) is 6.26. The minimum Gasteiger partial charge on any atom is -0.367 e. The Morgan fingerprint density at radius 2 is 2.24 bits per heavy atom. The molecule has 2 aliphatic heterocycles. The van der Waals surface area contributed by atoms with Crippen LogP contribution >= 0.6 is 11.6 Å². The van der Waals surface area contributed by atoms with Crippen molar-refractivity contribution in [2.75, 3.05) is 23.8 Å². The molecule has 2 atom stereocenters. The third-order valence-corrected chi connectivity index (χ3v) is 4.95. The lowest BCUT2D eigenvalue weighted by Gasteiger charge is -2.38. The SMILES string of the molecule is CCC1CCCCN1c1cc2c(cc1Cl)C(NC)C(=O)N2. The summed E-state index contributed by atoms with van der Waals surface area (Å²) in [4.78, 5) is 14.4. The van der Waals surface area contributed by atoms with Gasteiger partial charge in [0.15, 0.2) is 0 Å². The number of rotatable bonds is 3. The van der Waals surface area contributed by atoms with Gasteiger partial charge in [0.25, 0.3) is 0 Å². The third kappa shape index (κ3) is 2.51. The molecular weight excluding hydrogens is 286 g/mol. The fraction of sp³-hybridized carbons (Fsp3) is 0.562. The first-order valence-electron chi connectivity index (χ1n) is 7.74. The van der Waals surface area contributed by atoms with Crippen LogP contribution in [0, 0.1) is 0 Å². The van der Waals surface area contributed by atoms with Crippen molar-refractivity contribution in [2.24, 2.45) is 0 Å². The molecule has 0 aliphatic carbocycles. The first-order valence-corrected chi connectivity index (χ1v) is 8.11. The van der Waals surface area contributed by atoms with Crippen LogP contribution in [0.4, 0.5) is 11.4 Å². The molecular formula is C16H22ClN3O. The van der Waals surface area contributed by atoms with Gasteiger partial charge in [-0.2, -0.15) is 0 Å². The zero-order valence-electron chi connectivity index (χ0n) is 12.6. The molecule has 2 N–H and O–H groups in total. The van der Waals surface area contributed by atoms with Crippen molar-refractivity contribution >= 4 is 28.9 Å². The van der Waals surface area contributed by atoms with Crippen molar-refractivity contribution in [2.45, 2.75) is 44.7 Å². The van der Waals surface area contributed by atoms with Gasteiger partial charge in [0.2, 0.25) is 5.91 Å². The van der Waals surface area contributed by atoms with Gasteiger partial charge in [0, 0.05) is 23.8 Å². The number of carbonyl (C=O) groups excluding carboxylic acids is 1. The van der Waals surface area contributed by atoms with E-state index in [1.165, 1.54) is 19.3 Å². The van der Waals surface area contributed by atoms with Crippen LogP contribution in [0.3, 0.4) is 0 Å². The maximum atomic E-state index is 12.0. The number of amides is 1. The number of hydrogen-bond acceptors (Lipinski definition) is 3. The minimum absolute atomic E-state index is 0.00796. The maximum absolute atomic E-state index is 12.0. The van der Waals surface area contributed by atoms with Crippen molar-refractivity contribution in [1.82, 2.24) is 5.32 Å². The average Bonchev–Trinajstić information content (AvgIpc) is 2.80. The van der Waals surface area contributed by atoms with Crippen LogP contribution in [0.1, 0.15) is 44.2 Å². The lowest BCUT2D eigenvalue weighted by atomic mass is 9.98. The Kier molecular flexibility index (Phi) is 4.09. The number of nitrogens with zero attached hydrogens (tertiary/aromatic N) is 1. The molecule has 0 radical (unpaired) electrons. The van der Waals surface area contributed by atoms with Crippen molar-refractivity contribution in [3.8, 4) is 0 Å². The number of anilines is 2. The van der Waals surface area contributed by atoms with Gasteiger partial charge < -0.3 is 15.5 Å². The van der Waals surface area contributed by atoms with Gasteiger partial charge in [0.05, 0.1) is 10.7 Å². The summed E-state index contributed by atoms with van der Waals surface area (Å²) in [7, 11) is 1.79. The zero-order chi connectivity index (χ0) is 15.0. The molecule has 3 rings (SSSR count). The Morgan fingerprint density at radius 3 is 2.95 bits per heavy atom. The summed E-state index contributed by atoms with van der Waals surface area (Å²) >= 11 is 6.53. The van der Waals surface area contributed by atoms with E-state index >= 15 is 0 Å². The predicted molar refractivity (Wildman–Crippen MR) is 87.2 cm³/mol. The van der Waals surface area contributed by atoms with Crippen LogP contribution in [0.15, 0.2) is 12.1 Å². The quantitative estimate of drug-likeness (QED) is 0.900. The largest absolute Gasteiger partial charge is 0.367 e. The molecule has 5 heteroatoms. The minimum atomic E-state index is -0.296. The lowest BCUT2D eigenvalue weighted by Crippen LogP contribution is -2.39. The second kappa shape index (κ2) is 5.85. The van der Waals surface area contributed by atoms with E-state index in [-0.39, 0.29) is 11.9 Å². The summed E-state index contributed by atoms with van der Waals surface area (Å²) in [5.74, 6) is -0.00796. The van der Waals surface area contributed by atoms with Crippen LogP contribution < -0.4 is 15.5 Å².